The zero-order chi connectivity index (χ0) is 17.1. The van der Waals surface area contributed by atoms with Gasteiger partial charge in [0, 0.05) is 32.7 Å². The summed E-state index contributed by atoms with van der Waals surface area (Å²) in [4.78, 5) is 1.26. The van der Waals surface area contributed by atoms with E-state index in [1.165, 1.54) is 11.0 Å². The fourth-order valence-corrected chi connectivity index (χ4v) is 3.85. The van der Waals surface area contributed by atoms with Crippen molar-refractivity contribution in [1.82, 2.24) is 14.9 Å². The van der Waals surface area contributed by atoms with Gasteiger partial charge in [0.05, 0.1) is 4.90 Å². The predicted molar refractivity (Wildman–Crippen MR) is 80.7 cm³/mol. The average molecular weight is 351 g/mol. The van der Waals surface area contributed by atoms with Gasteiger partial charge < -0.3 is 5.32 Å². The number of rotatable bonds is 5. The molecule has 9 heteroatoms. The highest BCUT2D eigenvalue weighted by Crippen LogP contribution is 2.25. The van der Waals surface area contributed by atoms with E-state index in [0.717, 1.165) is 0 Å². The lowest BCUT2D eigenvalue weighted by atomic mass is 10.2. The lowest BCUT2D eigenvalue weighted by Crippen LogP contribution is -2.57. The van der Waals surface area contributed by atoms with Gasteiger partial charge in [-0.25, -0.2) is 13.1 Å². The molecule has 1 aromatic rings. The Morgan fingerprint density at radius 1 is 1.26 bits per heavy atom. The Kier molecular flexibility index (Phi) is 5.66. The maximum atomic E-state index is 13.3. The first-order chi connectivity index (χ1) is 10.7. The van der Waals surface area contributed by atoms with E-state index in [1.54, 1.807) is 25.1 Å². The van der Waals surface area contributed by atoms with E-state index in [9.17, 15) is 21.6 Å². The molecule has 1 unspecified atom stereocenters. The molecule has 1 aliphatic heterocycles. The third kappa shape index (κ3) is 4.66. The molecule has 0 saturated carbocycles. The molecule has 1 aromatic carbocycles. The fraction of sp³-hybridized carbons (Fsp3) is 0.571. The quantitative estimate of drug-likeness (QED) is 0.834. The second-order valence-electron chi connectivity index (χ2n) is 5.46. The molecule has 1 saturated heterocycles. The van der Waals surface area contributed by atoms with Crippen LogP contribution in [0.4, 0.5) is 13.2 Å². The molecule has 1 atom stereocenters. The van der Waals surface area contributed by atoms with Crippen LogP contribution >= 0.6 is 0 Å². The predicted octanol–water partition coefficient (Wildman–Crippen LogP) is 1.11. The van der Waals surface area contributed by atoms with Gasteiger partial charge in [-0.1, -0.05) is 18.2 Å². The van der Waals surface area contributed by atoms with Gasteiger partial charge in [0.15, 0.2) is 0 Å². The standard InChI is InChI=1S/C14H20F3N3O2S/c1-11-4-2-3-5-12(11)23(21,22)19-10-13(14(15,16)17)20-8-6-18-7-9-20/h2-5,13,18-19H,6-10H2,1H3. The van der Waals surface area contributed by atoms with Crippen LogP contribution in [0.25, 0.3) is 0 Å². The summed E-state index contributed by atoms with van der Waals surface area (Å²) in [7, 11) is -3.98. The first kappa shape index (κ1) is 18.2. The number of nitrogens with one attached hydrogen (secondary N) is 2. The van der Waals surface area contributed by atoms with Crippen molar-refractivity contribution >= 4 is 10.0 Å². The van der Waals surface area contributed by atoms with Gasteiger partial charge in [-0.3, -0.25) is 4.90 Å². The number of piperazine rings is 1. The van der Waals surface area contributed by atoms with Crippen LogP contribution in [0.2, 0.25) is 0 Å². The molecule has 1 heterocycles. The Bertz CT molecular complexity index is 628. The summed E-state index contributed by atoms with van der Waals surface area (Å²) >= 11 is 0. The Morgan fingerprint density at radius 2 is 1.87 bits per heavy atom. The molecule has 2 rings (SSSR count). The van der Waals surface area contributed by atoms with Crippen molar-refractivity contribution in [1.29, 1.82) is 0 Å². The number of nitrogens with zero attached hydrogens (tertiary/aromatic N) is 1. The third-order valence-electron chi connectivity index (χ3n) is 3.82. The van der Waals surface area contributed by atoms with Gasteiger partial charge in [-0.05, 0) is 18.6 Å². The molecule has 5 nitrogen and oxygen atoms in total. The number of aryl methyl sites for hydroxylation is 1. The van der Waals surface area contributed by atoms with Crippen molar-refractivity contribution in [2.75, 3.05) is 32.7 Å². The van der Waals surface area contributed by atoms with Crippen LogP contribution in [0.15, 0.2) is 29.2 Å². The highest BCUT2D eigenvalue weighted by Gasteiger charge is 2.44. The molecule has 1 fully saturated rings. The van der Waals surface area contributed by atoms with E-state index in [2.05, 4.69) is 10.0 Å². The lowest BCUT2D eigenvalue weighted by molar-refractivity contribution is -0.182. The molecule has 0 radical (unpaired) electrons. The Morgan fingerprint density at radius 3 is 2.43 bits per heavy atom. The normalized spacial score (nSPS) is 18.8. The number of halogens is 3. The molecule has 0 spiro atoms. The van der Waals surface area contributed by atoms with Gasteiger partial charge in [-0.15, -0.1) is 0 Å². The zero-order valence-corrected chi connectivity index (χ0v) is 13.5. The highest BCUT2D eigenvalue weighted by atomic mass is 32.2. The SMILES string of the molecule is Cc1ccccc1S(=O)(=O)NCC(N1CCNCC1)C(F)(F)F. The van der Waals surface area contributed by atoms with Crippen LogP contribution < -0.4 is 10.0 Å². The van der Waals surface area contributed by atoms with Crippen LogP contribution in [0.5, 0.6) is 0 Å². The molecule has 23 heavy (non-hydrogen) atoms. The smallest absolute Gasteiger partial charge is 0.314 e. The minimum atomic E-state index is -4.49. The number of benzene rings is 1. The van der Waals surface area contributed by atoms with E-state index in [1.807, 2.05) is 0 Å². The minimum Gasteiger partial charge on any atom is -0.314 e. The summed E-state index contributed by atoms with van der Waals surface area (Å²) in [6.45, 7) is 2.28. The largest absolute Gasteiger partial charge is 0.405 e. The van der Waals surface area contributed by atoms with E-state index >= 15 is 0 Å². The van der Waals surface area contributed by atoms with Gasteiger partial charge >= 0.3 is 6.18 Å². The third-order valence-corrected chi connectivity index (χ3v) is 5.40. The molecule has 0 aliphatic carbocycles. The average Bonchev–Trinajstić information content (AvgIpc) is 2.47. The first-order valence-corrected chi connectivity index (χ1v) is 8.77. The van der Waals surface area contributed by atoms with Crippen molar-refractivity contribution in [3.8, 4) is 0 Å². The number of hydrogen-bond donors (Lipinski definition) is 2. The van der Waals surface area contributed by atoms with E-state index in [-0.39, 0.29) is 18.0 Å². The number of alkyl halides is 3. The maximum absolute atomic E-state index is 13.3. The Balaban J connectivity index is 2.13. The lowest BCUT2D eigenvalue weighted by Gasteiger charge is -2.35. The van der Waals surface area contributed by atoms with Crippen LogP contribution in [0.3, 0.4) is 0 Å². The summed E-state index contributed by atoms with van der Waals surface area (Å²) in [5.41, 5.74) is 0.491. The summed E-state index contributed by atoms with van der Waals surface area (Å²) in [6.07, 6.45) is -4.49. The topological polar surface area (TPSA) is 61.4 Å². The van der Waals surface area contributed by atoms with E-state index < -0.39 is 28.8 Å². The van der Waals surface area contributed by atoms with Crippen LogP contribution in [-0.2, 0) is 10.0 Å². The van der Waals surface area contributed by atoms with E-state index in [4.69, 9.17) is 0 Å². The summed E-state index contributed by atoms with van der Waals surface area (Å²) in [5.74, 6) is 0. The second kappa shape index (κ2) is 7.16. The van der Waals surface area contributed by atoms with Crippen molar-refractivity contribution in [3.05, 3.63) is 29.8 Å². The second-order valence-corrected chi connectivity index (χ2v) is 7.20. The van der Waals surface area contributed by atoms with Gasteiger partial charge in [0.1, 0.15) is 6.04 Å². The summed E-state index contributed by atoms with van der Waals surface area (Å²) in [6, 6.07) is 4.37. The van der Waals surface area contributed by atoms with Gasteiger partial charge in [-0.2, -0.15) is 13.2 Å². The van der Waals surface area contributed by atoms with Crippen molar-refractivity contribution < 1.29 is 21.6 Å². The number of sulfonamides is 1. The maximum Gasteiger partial charge on any atom is 0.405 e. The summed E-state index contributed by atoms with van der Waals surface area (Å²) < 4.78 is 66.4. The molecule has 2 N–H and O–H groups in total. The molecule has 0 bridgehead atoms. The minimum absolute atomic E-state index is 0.00114. The van der Waals surface area contributed by atoms with Gasteiger partial charge in [0.2, 0.25) is 10.0 Å². The molecule has 0 aromatic heterocycles. The van der Waals surface area contributed by atoms with Crippen LogP contribution in [0.1, 0.15) is 5.56 Å². The summed E-state index contributed by atoms with van der Waals surface area (Å²) in [5, 5.41) is 2.98. The van der Waals surface area contributed by atoms with Crippen LogP contribution in [0, 0.1) is 6.92 Å². The van der Waals surface area contributed by atoms with Crippen LogP contribution in [-0.4, -0.2) is 58.3 Å². The molecule has 130 valence electrons. The monoisotopic (exact) mass is 351 g/mol. The van der Waals surface area contributed by atoms with Crippen molar-refractivity contribution in [2.45, 2.75) is 24.0 Å². The molecule has 1 aliphatic rings. The zero-order valence-electron chi connectivity index (χ0n) is 12.7. The van der Waals surface area contributed by atoms with Crippen molar-refractivity contribution in [3.63, 3.8) is 0 Å². The molecular formula is C14H20F3N3O2S. The van der Waals surface area contributed by atoms with E-state index in [0.29, 0.717) is 18.7 Å². The highest BCUT2D eigenvalue weighted by molar-refractivity contribution is 7.89. The Hall–Kier alpha value is -1.16. The first-order valence-electron chi connectivity index (χ1n) is 7.28. The fourth-order valence-electron chi connectivity index (χ4n) is 2.57. The number of hydrogen-bond acceptors (Lipinski definition) is 4. The Labute approximate surface area is 133 Å². The molecular weight excluding hydrogens is 331 g/mol. The van der Waals surface area contributed by atoms with Gasteiger partial charge in [0.25, 0.3) is 0 Å². The van der Waals surface area contributed by atoms with Crippen molar-refractivity contribution in [2.24, 2.45) is 0 Å². The molecule has 0 amide bonds.